The van der Waals surface area contributed by atoms with Crippen LogP contribution in [0.2, 0.25) is 0 Å². The maximum absolute atomic E-state index is 12.9. The molecule has 22 heavy (non-hydrogen) atoms. The Morgan fingerprint density at radius 2 is 2.09 bits per heavy atom. The van der Waals surface area contributed by atoms with Crippen LogP contribution >= 0.6 is 0 Å². The van der Waals surface area contributed by atoms with Gasteiger partial charge in [-0.1, -0.05) is 31.4 Å². The second kappa shape index (κ2) is 5.48. The third kappa shape index (κ3) is 2.25. The van der Waals surface area contributed by atoms with Crippen molar-refractivity contribution in [2.75, 3.05) is 6.54 Å². The predicted octanol–water partition coefficient (Wildman–Crippen LogP) is 1.66. The normalized spacial score (nSPS) is 32.3. The zero-order valence-electron chi connectivity index (χ0n) is 12.8. The molecule has 4 rings (SSSR count). The summed E-state index contributed by atoms with van der Waals surface area (Å²) >= 11 is 0. The van der Waals surface area contributed by atoms with E-state index in [1.54, 1.807) is 11.0 Å². The van der Waals surface area contributed by atoms with Gasteiger partial charge in [-0.25, -0.2) is 4.68 Å². The number of carbonyl (C=O) groups is 1. The Morgan fingerprint density at radius 3 is 2.73 bits per heavy atom. The number of nitrogens with zero attached hydrogens (tertiary/aromatic N) is 4. The minimum absolute atomic E-state index is 0.103. The smallest absolute Gasteiger partial charge is 0.248 e. The van der Waals surface area contributed by atoms with Crippen LogP contribution in [0.4, 0.5) is 0 Å². The summed E-state index contributed by atoms with van der Waals surface area (Å²) in [6, 6.07) is 0. The molecule has 0 spiro atoms. The summed E-state index contributed by atoms with van der Waals surface area (Å²) in [5, 5.41) is 14.7. The molecular formula is C16H23N5O. The average molecular weight is 301 g/mol. The Balaban J connectivity index is 1.46. The van der Waals surface area contributed by atoms with E-state index in [1.807, 2.05) is 0 Å². The van der Waals surface area contributed by atoms with Crippen molar-refractivity contribution in [3.05, 3.63) is 18.5 Å². The molecule has 1 aromatic rings. The minimum Gasteiger partial charge on any atom is -0.354 e. The fraction of sp³-hybridized carbons (Fsp3) is 0.750. The summed E-state index contributed by atoms with van der Waals surface area (Å²) in [5.41, 5.74) is -0.574. The molecule has 1 aromatic heterocycles. The summed E-state index contributed by atoms with van der Waals surface area (Å²) in [6.07, 6.45) is 13.7. The second-order valence-corrected chi connectivity index (χ2v) is 7.10. The first-order valence-electron chi connectivity index (χ1n) is 8.48. The summed E-state index contributed by atoms with van der Waals surface area (Å²) in [4.78, 5) is 12.9. The molecule has 118 valence electrons. The number of aromatic nitrogens is 4. The van der Waals surface area contributed by atoms with Crippen LogP contribution in [0, 0.1) is 17.8 Å². The number of hydrogen-bond donors (Lipinski definition) is 1. The zero-order chi connectivity index (χ0) is 15.0. The maximum Gasteiger partial charge on any atom is 0.248 e. The lowest BCUT2D eigenvalue weighted by Gasteiger charge is -2.35. The molecule has 3 atom stereocenters. The van der Waals surface area contributed by atoms with Crippen LogP contribution in [-0.2, 0) is 10.3 Å². The van der Waals surface area contributed by atoms with Crippen LogP contribution in [0.3, 0.4) is 0 Å². The number of amides is 1. The van der Waals surface area contributed by atoms with E-state index in [4.69, 9.17) is 0 Å². The molecule has 2 saturated carbocycles. The van der Waals surface area contributed by atoms with Crippen LogP contribution in [0.1, 0.15) is 44.9 Å². The molecule has 1 amide bonds. The van der Waals surface area contributed by atoms with Crippen molar-refractivity contribution >= 4 is 5.91 Å². The number of rotatable bonds is 4. The number of nitrogens with one attached hydrogen (secondary N) is 1. The fourth-order valence-electron chi connectivity index (χ4n) is 4.57. The summed E-state index contributed by atoms with van der Waals surface area (Å²) < 4.78 is 1.68. The summed E-state index contributed by atoms with van der Waals surface area (Å²) in [6.45, 7) is 0.786. The zero-order valence-corrected chi connectivity index (χ0v) is 12.8. The van der Waals surface area contributed by atoms with Gasteiger partial charge in [-0.2, -0.15) is 0 Å². The number of fused-ring (bicyclic) bond motifs is 2. The van der Waals surface area contributed by atoms with Crippen molar-refractivity contribution in [2.24, 2.45) is 17.8 Å². The first-order chi connectivity index (χ1) is 10.8. The van der Waals surface area contributed by atoms with Crippen LogP contribution < -0.4 is 5.32 Å². The average Bonchev–Trinajstić information content (AvgIpc) is 3.30. The van der Waals surface area contributed by atoms with Gasteiger partial charge in [0, 0.05) is 6.54 Å². The van der Waals surface area contributed by atoms with E-state index in [2.05, 4.69) is 33.0 Å². The predicted molar refractivity (Wildman–Crippen MR) is 80.7 cm³/mol. The minimum atomic E-state index is -0.574. The van der Waals surface area contributed by atoms with Gasteiger partial charge in [0.2, 0.25) is 5.91 Å². The molecule has 3 unspecified atom stereocenters. The Hall–Kier alpha value is -1.72. The van der Waals surface area contributed by atoms with E-state index in [-0.39, 0.29) is 5.91 Å². The third-order valence-electron chi connectivity index (χ3n) is 5.83. The largest absolute Gasteiger partial charge is 0.354 e. The fourth-order valence-corrected chi connectivity index (χ4v) is 4.57. The lowest BCUT2D eigenvalue weighted by atomic mass is 9.80. The number of carbonyl (C=O) groups excluding carboxylic acids is 1. The van der Waals surface area contributed by atoms with Gasteiger partial charge < -0.3 is 5.32 Å². The second-order valence-electron chi connectivity index (χ2n) is 7.10. The molecule has 1 heterocycles. The van der Waals surface area contributed by atoms with Crippen molar-refractivity contribution in [2.45, 2.75) is 50.5 Å². The first-order valence-corrected chi connectivity index (χ1v) is 8.48. The third-order valence-corrected chi connectivity index (χ3v) is 5.83. The topological polar surface area (TPSA) is 72.7 Å². The molecule has 0 aromatic carbocycles. The monoisotopic (exact) mass is 301 g/mol. The molecule has 3 aliphatic carbocycles. The van der Waals surface area contributed by atoms with Gasteiger partial charge in [0.15, 0.2) is 0 Å². The van der Waals surface area contributed by atoms with E-state index in [1.165, 1.54) is 19.3 Å². The van der Waals surface area contributed by atoms with Gasteiger partial charge in [0.25, 0.3) is 0 Å². The van der Waals surface area contributed by atoms with Crippen molar-refractivity contribution in [3.63, 3.8) is 0 Å². The van der Waals surface area contributed by atoms with Crippen molar-refractivity contribution < 1.29 is 4.79 Å². The van der Waals surface area contributed by atoms with E-state index in [9.17, 15) is 4.79 Å². The van der Waals surface area contributed by atoms with Gasteiger partial charge in [-0.15, -0.1) is 5.10 Å². The van der Waals surface area contributed by atoms with E-state index < -0.39 is 5.54 Å². The van der Waals surface area contributed by atoms with Gasteiger partial charge in [-0.05, 0) is 53.9 Å². The van der Waals surface area contributed by atoms with Gasteiger partial charge in [0.05, 0.1) is 0 Å². The Morgan fingerprint density at radius 1 is 1.23 bits per heavy atom. The van der Waals surface area contributed by atoms with E-state index >= 15 is 0 Å². The van der Waals surface area contributed by atoms with Gasteiger partial charge in [-0.3, -0.25) is 4.79 Å². The number of hydrogen-bond acceptors (Lipinski definition) is 4. The SMILES string of the molecule is O=C(NCC1CC2C=CC1C2)C1(n2cnnn2)CCCCC1. The molecule has 2 bridgehead atoms. The van der Waals surface area contributed by atoms with Gasteiger partial charge in [0.1, 0.15) is 11.9 Å². The Labute approximate surface area is 130 Å². The molecule has 0 radical (unpaired) electrons. The first kappa shape index (κ1) is 13.9. The summed E-state index contributed by atoms with van der Waals surface area (Å²) in [7, 11) is 0. The maximum atomic E-state index is 12.9. The van der Waals surface area contributed by atoms with Crippen LogP contribution in [0.5, 0.6) is 0 Å². The quantitative estimate of drug-likeness (QED) is 0.859. The van der Waals surface area contributed by atoms with Gasteiger partial charge >= 0.3 is 0 Å². The highest BCUT2D eigenvalue weighted by molar-refractivity contribution is 5.84. The summed E-state index contributed by atoms with van der Waals surface area (Å²) in [5.74, 6) is 2.12. The molecule has 2 fully saturated rings. The lowest BCUT2D eigenvalue weighted by molar-refractivity contribution is -0.132. The van der Waals surface area contributed by atoms with E-state index in [0.29, 0.717) is 11.8 Å². The standard InChI is InChI=1S/C16H23N5O/c22-15(17-10-14-9-12-4-5-13(14)8-12)16(6-2-1-3-7-16)21-11-18-19-20-21/h4-5,11-14H,1-3,6-10H2,(H,17,22). The molecule has 1 N–H and O–H groups in total. The molecule has 6 nitrogen and oxygen atoms in total. The highest BCUT2D eigenvalue weighted by Gasteiger charge is 2.43. The molecule has 0 saturated heterocycles. The Bertz CT molecular complexity index is 561. The number of tetrazole rings is 1. The van der Waals surface area contributed by atoms with Crippen LogP contribution in [-0.4, -0.2) is 32.7 Å². The van der Waals surface area contributed by atoms with Crippen molar-refractivity contribution in [3.8, 4) is 0 Å². The Kier molecular flexibility index (Phi) is 3.47. The highest BCUT2D eigenvalue weighted by atomic mass is 16.2. The van der Waals surface area contributed by atoms with Crippen LogP contribution in [0.15, 0.2) is 18.5 Å². The molecule has 0 aliphatic heterocycles. The van der Waals surface area contributed by atoms with Crippen molar-refractivity contribution in [1.82, 2.24) is 25.5 Å². The van der Waals surface area contributed by atoms with E-state index in [0.717, 1.165) is 38.1 Å². The van der Waals surface area contributed by atoms with Crippen LogP contribution in [0.25, 0.3) is 0 Å². The molecule has 3 aliphatic rings. The van der Waals surface area contributed by atoms with Crippen molar-refractivity contribution in [1.29, 1.82) is 0 Å². The number of allylic oxidation sites excluding steroid dienone is 2. The highest BCUT2D eigenvalue weighted by Crippen LogP contribution is 2.43. The molecule has 6 heteroatoms. The molecular weight excluding hydrogens is 278 g/mol. The lowest BCUT2D eigenvalue weighted by Crippen LogP contribution is -2.51.